The smallest absolute Gasteiger partial charge is 0.404 e. The zero-order chi connectivity index (χ0) is 14.1. The molecule has 1 aromatic carbocycles. The molecule has 0 radical (unpaired) electrons. The van der Waals surface area contributed by atoms with Crippen molar-refractivity contribution in [2.75, 3.05) is 19.1 Å². The molecule has 0 aromatic heterocycles. The molecule has 6 heteroatoms. The summed E-state index contributed by atoms with van der Waals surface area (Å²) < 4.78 is 5.45. The normalized spacial score (nSPS) is 11.9. The van der Waals surface area contributed by atoms with Gasteiger partial charge in [0, 0.05) is 5.88 Å². The van der Waals surface area contributed by atoms with Gasteiger partial charge in [-0.3, -0.25) is 0 Å². The third-order valence-corrected chi connectivity index (χ3v) is 2.77. The summed E-state index contributed by atoms with van der Waals surface area (Å²) in [7, 11) is 0. The third-order valence-electron chi connectivity index (χ3n) is 2.50. The molecular weight excluding hydrogens is 270 g/mol. The zero-order valence-electron chi connectivity index (χ0n) is 10.5. The molecule has 0 fully saturated rings. The lowest BCUT2D eigenvalue weighted by Gasteiger charge is -2.14. The highest BCUT2D eigenvalue weighted by atomic mass is 35.5. The summed E-state index contributed by atoms with van der Waals surface area (Å²) in [5.74, 6) is 1.32. The number of hydrogen-bond acceptors (Lipinski definition) is 3. The molecule has 0 saturated carbocycles. The molecule has 0 spiro atoms. The molecule has 0 saturated heterocycles. The van der Waals surface area contributed by atoms with Crippen LogP contribution in [0.15, 0.2) is 24.3 Å². The summed E-state index contributed by atoms with van der Waals surface area (Å²) in [5, 5.41) is 19.9. The Morgan fingerprint density at radius 1 is 1.37 bits per heavy atom. The van der Waals surface area contributed by atoms with E-state index in [-0.39, 0.29) is 6.61 Å². The number of aliphatic hydroxyl groups is 1. The molecule has 1 rings (SSSR count). The largest absolute Gasteiger partial charge is 0.494 e. The number of amides is 1. The van der Waals surface area contributed by atoms with Crippen molar-refractivity contribution in [1.29, 1.82) is 0 Å². The zero-order valence-corrected chi connectivity index (χ0v) is 11.3. The van der Waals surface area contributed by atoms with Gasteiger partial charge >= 0.3 is 6.09 Å². The Labute approximate surface area is 117 Å². The Hall–Kier alpha value is -1.46. The first-order valence-corrected chi connectivity index (χ1v) is 6.57. The SMILES string of the molecule is O=C(O)N[C@H](CO)Cc1ccc(OCCCCl)cc1. The van der Waals surface area contributed by atoms with E-state index in [1.54, 1.807) is 0 Å². The van der Waals surface area contributed by atoms with Crippen molar-refractivity contribution in [1.82, 2.24) is 5.32 Å². The Balaban J connectivity index is 2.48. The fraction of sp³-hybridized carbons (Fsp3) is 0.462. The van der Waals surface area contributed by atoms with Crippen LogP contribution >= 0.6 is 11.6 Å². The van der Waals surface area contributed by atoms with Crippen molar-refractivity contribution in [3.05, 3.63) is 29.8 Å². The number of carboxylic acid groups (broad SMARTS) is 1. The van der Waals surface area contributed by atoms with E-state index < -0.39 is 12.1 Å². The van der Waals surface area contributed by atoms with Crippen molar-refractivity contribution in [2.24, 2.45) is 0 Å². The van der Waals surface area contributed by atoms with Crippen LogP contribution in [-0.4, -0.2) is 41.4 Å². The van der Waals surface area contributed by atoms with Gasteiger partial charge in [0.2, 0.25) is 0 Å². The number of nitrogens with one attached hydrogen (secondary N) is 1. The van der Waals surface area contributed by atoms with Crippen LogP contribution in [0.3, 0.4) is 0 Å². The minimum atomic E-state index is -1.14. The van der Waals surface area contributed by atoms with Crippen molar-refractivity contribution in [3.8, 4) is 5.75 Å². The summed E-state index contributed by atoms with van der Waals surface area (Å²) in [4.78, 5) is 10.5. The van der Waals surface area contributed by atoms with Gasteiger partial charge < -0.3 is 20.3 Å². The highest BCUT2D eigenvalue weighted by Crippen LogP contribution is 2.13. The summed E-state index contributed by atoms with van der Waals surface area (Å²) >= 11 is 5.55. The van der Waals surface area contributed by atoms with E-state index in [1.807, 2.05) is 24.3 Å². The van der Waals surface area contributed by atoms with E-state index >= 15 is 0 Å². The molecule has 0 unspecified atom stereocenters. The maximum atomic E-state index is 10.5. The molecule has 1 atom stereocenters. The molecule has 0 heterocycles. The lowest BCUT2D eigenvalue weighted by Crippen LogP contribution is -2.38. The predicted octanol–water partition coefficient (Wildman–Crippen LogP) is 1.87. The van der Waals surface area contributed by atoms with Gasteiger partial charge in [-0.25, -0.2) is 4.79 Å². The van der Waals surface area contributed by atoms with Gasteiger partial charge in [0.1, 0.15) is 5.75 Å². The van der Waals surface area contributed by atoms with Crippen molar-refractivity contribution < 1.29 is 19.7 Å². The molecule has 0 bridgehead atoms. The molecule has 1 amide bonds. The first-order valence-electron chi connectivity index (χ1n) is 6.03. The number of hydrogen-bond donors (Lipinski definition) is 3. The van der Waals surface area contributed by atoms with Gasteiger partial charge in [-0.2, -0.15) is 0 Å². The van der Waals surface area contributed by atoms with E-state index in [9.17, 15) is 4.79 Å². The molecule has 106 valence electrons. The average Bonchev–Trinajstić information content (AvgIpc) is 2.39. The first kappa shape index (κ1) is 15.6. The number of carbonyl (C=O) groups is 1. The summed E-state index contributed by atoms with van der Waals surface area (Å²) in [6, 6.07) is 6.84. The quantitative estimate of drug-likeness (QED) is 0.504. The van der Waals surface area contributed by atoms with Crippen molar-refractivity contribution in [2.45, 2.75) is 18.9 Å². The van der Waals surface area contributed by atoms with Crippen LogP contribution < -0.4 is 10.1 Å². The summed E-state index contributed by atoms with van der Waals surface area (Å²) in [6.07, 6.45) is 0.0866. The fourth-order valence-electron chi connectivity index (χ4n) is 1.59. The molecule has 0 aliphatic rings. The molecule has 0 aliphatic heterocycles. The third kappa shape index (κ3) is 6.31. The lowest BCUT2D eigenvalue weighted by atomic mass is 10.1. The molecular formula is C13H18ClNO4. The van der Waals surface area contributed by atoms with Crippen LogP contribution in [0.4, 0.5) is 4.79 Å². The minimum Gasteiger partial charge on any atom is -0.494 e. The van der Waals surface area contributed by atoms with E-state index in [4.69, 9.17) is 26.6 Å². The van der Waals surface area contributed by atoms with Crippen LogP contribution in [0.5, 0.6) is 5.75 Å². The van der Waals surface area contributed by atoms with E-state index in [2.05, 4.69) is 5.32 Å². The fourth-order valence-corrected chi connectivity index (χ4v) is 1.70. The topological polar surface area (TPSA) is 78.8 Å². The maximum absolute atomic E-state index is 10.5. The van der Waals surface area contributed by atoms with Crippen LogP contribution in [0.2, 0.25) is 0 Å². The number of ether oxygens (including phenoxy) is 1. The molecule has 3 N–H and O–H groups in total. The van der Waals surface area contributed by atoms with Gasteiger partial charge in [-0.1, -0.05) is 12.1 Å². The summed E-state index contributed by atoms with van der Waals surface area (Å²) in [6.45, 7) is 0.336. The second kappa shape index (κ2) is 8.61. The Morgan fingerprint density at radius 2 is 2.05 bits per heavy atom. The Kier molecular flexibility index (Phi) is 7.07. The first-order chi connectivity index (χ1) is 9.15. The monoisotopic (exact) mass is 287 g/mol. The van der Waals surface area contributed by atoms with Crippen LogP contribution in [0.25, 0.3) is 0 Å². The van der Waals surface area contributed by atoms with Gasteiger partial charge in [-0.05, 0) is 30.5 Å². The van der Waals surface area contributed by atoms with Crippen molar-refractivity contribution >= 4 is 17.7 Å². The highest BCUT2D eigenvalue weighted by Gasteiger charge is 2.10. The number of halogens is 1. The molecule has 1 aromatic rings. The van der Waals surface area contributed by atoms with Crippen LogP contribution in [0, 0.1) is 0 Å². The lowest BCUT2D eigenvalue weighted by molar-refractivity contribution is 0.177. The van der Waals surface area contributed by atoms with Crippen LogP contribution in [0.1, 0.15) is 12.0 Å². The minimum absolute atomic E-state index is 0.236. The van der Waals surface area contributed by atoms with E-state index in [0.717, 1.165) is 17.7 Å². The van der Waals surface area contributed by atoms with E-state index in [0.29, 0.717) is 18.9 Å². The standard InChI is InChI=1S/C13H18ClNO4/c14-6-1-7-19-12-4-2-10(3-5-12)8-11(9-16)15-13(17)18/h2-5,11,15-16H,1,6-9H2,(H,17,18)/t11-/m0/s1. The Morgan fingerprint density at radius 3 is 2.58 bits per heavy atom. The predicted molar refractivity (Wildman–Crippen MR) is 73.0 cm³/mol. The maximum Gasteiger partial charge on any atom is 0.404 e. The van der Waals surface area contributed by atoms with Gasteiger partial charge in [0.15, 0.2) is 0 Å². The molecule has 5 nitrogen and oxygen atoms in total. The van der Waals surface area contributed by atoms with E-state index in [1.165, 1.54) is 0 Å². The summed E-state index contributed by atoms with van der Waals surface area (Å²) in [5.41, 5.74) is 0.928. The van der Waals surface area contributed by atoms with Crippen molar-refractivity contribution in [3.63, 3.8) is 0 Å². The van der Waals surface area contributed by atoms with Gasteiger partial charge in [0.25, 0.3) is 0 Å². The molecule has 19 heavy (non-hydrogen) atoms. The Bertz CT molecular complexity index is 383. The van der Waals surface area contributed by atoms with Gasteiger partial charge in [-0.15, -0.1) is 11.6 Å². The number of benzene rings is 1. The number of alkyl halides is 1. The second-order valence-corrected chi connectivity index (χ2v) is 4.45. The highest BCUT2D eigenvalue weighted by molar-refractivity contribution is 6.17. The molecule has 0 aliphatic carbocycles. The average molecular weight is 288 g/mol. The number of rotatable bonds is 8. The van der Waals surface area contributed by atoms with Gasteiger partial charge in [0.05, 0.1) is 19.3 Å². The van der Waals surface area contributed by atoms with Crippen LogP contribution in [-0.2, 0) is 6.42 Å². The second-order valence-electron chi connectivity index (χ2n) is 4.07. The number of aliphatic hydroxyl groups excluding tert-OH is 1.